The molecule has 150 valence electrons. The molecule has 0 bridgehead atoms. The maximum atomic E-state index is 12.5. The smallest absolute Gasteiger partial charge is 0.340 e. The number of benzene rings is 1. The molecule has 0 radical (unpaired) electrons. The summed E-state index contributed by atoms with van der Waals surface area (Å²) in [6.45, 7) is 3.99. The SMILES string of the molecule is CCOC(=O)c1ccccc1NC(=O)CSc1nnc(C)n1C1CCCCC1. The van der Waals surface area contributed by atoms with Crippen molar-refractivity contribution in [2.75, 3.05) is 17.7 Å². The highest BCUT2D eigenvalue weighted by molar-refractivity contribution is 7.99. The predicted octanol–water partition coefficient (Wildman–Crippen LogP) is 4.00. The third-order valence-electron chi connectivity index (χ3n) is 4.80. The van der Waals surface area contributed by atoms with Gasteiger partial charge in [0.1, 0.15) is 5.82 Å². The van der Waals surface area contributed by atoms with Crippen molar-refractivity contribution >= 4 is 29.3 Å². The molecule has 1 aliphatic carbocycles. The van der Waals surface area contributed by atoms with Crippen LogP contribution >= 0.6 is 11.8 Å². The first-order valence-corrected chi connectivity index (χ1v) is 10.7. The minimum absolute atomic E-state index is 0.196. The Labute approximate surface area is 169 Å². The fraction of sp³-hybridized carbons (Fsp3) is 0.500. The van der Waals surface area contributed by atoms with E-state index in [-0.39, 0.29) is 18.3 Å². The summed E-state index contributed by atoms with van der Waals surface area (Å²) in [5.74, 6) is 0.445. The number of hydrogen-bond donors (Lipinski definition) is 1. The summed E-state index contributed by atoms with van der Waals surface area (Å²) in [4.78, 5) is 24.5. The van der Waals surface area contributed by atoms with Gasteiger partial charge in [-0.25, -0.2) is 4.79 Å². The molecule has 1 aromatic heterocycles. The van der Waals surface area contributed by atoms with Gasteiger partial charge in [-0.05, 0) is 38.8 Å². The van der Waals surface area contributed by atoms with Gasteiger partial charge in [-0.3, -0.25) is 4.79 Å². The molecule has 1 saturated carbocycles. The molecule has 1 aromatic carbocycles. The summed E-state index contributed by atoms with van der Waals surface area (Å²) >= 11 is 1.37. The molecular weight excluding hydrogens is 376 g/mol. The van der Waals surface area contributed by atoms with Crippen LogP contribution in [0.4, 0.5) is 5.69 Å². The Morgan fingerprint density at radius 3 is 2.71 bits per heavy atom. The molecule has 1 N–H and O–H groups in total. The van der Waals surface area contributed by atoms with Gasteiger partial charge in [-0.1, -0.05) is 43.2 Å². The van der Waals surface area contributed by atoms with Gasteiger partial charge in [0.2, 0.25) is 5.91 Å². The lowest BCUT2D eigenvalue weighted by Crippen LogP contribution is -2.19. The fourth-order valence-electron chi connectivity index (χ4n) is 3.50. The van der Waals surface area contributed by atoms with Gasteiger partial charge < -0.3 is 14.6 Å². The lowest BCUT2D eigenvalue weighted by molar-refractivity contribution is -0.113. The van der Waals surface area contributed by atoms with Crippen molar-refractivity contribution in [3.63, 3.8) is 0 Å². The number of carbonyl (C=O) groups is 2. The minimum Gasteiger partial charge on any atom is -0.462 e. The van der Waals surface area contributed by atoms with Crippen LogP contribution in [0.2, 0.25) is 0 Å². The number of carbonyl (C=O) groups excluding carboxylic acids is 2. The number of aromatic nitrogens is 3. The zero-order chi connectivity index (χ0) is 19.9. The quantitative estimate of drug-likeness (QED) is 0.556. The third kappa shape index (κ3) is 4.92. The first-order valence-electron chi connectivity index (χ1n) is 9.70. The van der Waals surface area contributed by atoms with E-state index in [2.05, 4.69) is 20.1 Å². The highest BCUT2D eigenvalue weighted by atomic mass is 32.2. The van der Waals surface area contributed by atoms with Crippen molar-refractivity contribution < 1.29 is 14.3 Å². The number of ether oxygens (including phenoxy) is 1. The van der Waals surface area contributed by atoms with E-state index in [1.54, 1.807) is 31.2 Å². The minimum atomic E-state index is -0.446. The van der Waals surface area contributed by atoms with Gasteiger partial charge >= 0.3 is 5.97 Å². The second-order valence-electron chi connectivity index (χ2n) is 6.79. The van der Waals surface area contributed by atoms with Crippen molar-refractivity contribution in [3.8, 4) is 0 Å². The molecule has 1 heterocycles. The molecule has 28 heavy (non-hydrogen) atoms. The van der Waals surface area contributed by atoms with Crippen molar-refractivity contribution in [1.82, 2.24) is 14.8 Å². The Balaban J connectivity index is 1.64. The van der Waals surface area contributed by atoms with E-state index in [1.165, 1.54) is 31.0 Å². The average molecular weight is 403 g/mol. The molecule has 7 nitrogen and oxygen atoms in total. The largest absolute Gasteiger partial charge is 0.462 e. The molecule has 0 saturated heterocycles. The van der Waals surface area contributed by atoms with Crippen LogP contribution in [0.15, 0.2) is 29.4 Å². The summed E-state index contributed by atoms with van der Waals surface area (Å²) in [5, 5.41) is 12.1. The third-order valence-corrected chi connectivity index (χ3v) is 5.75. The van der Waals surface area contributed by atoms with Gasteiger partial charge in [0.25, 0.3) is 0 Å². The van der Waals surface area contributed by atoms with Crippen LogP contribution in [-0.2, 0) is 9.53 Å². The Morgan fingerprint density at radius 1 is 1.21 bits per heavy atom. The number of aryl methyl sites for hydroxylation is 1. The molecule has 2 aromatic rings. The van der Waals surface area contributed by atoms with E-state index < -0.39 is 5.97 Å². The van der Waals surface area contributed by atoms with Gasteiger partial charge in [0.15, 0.2) is 5.16 Å². The van der Waals surface area contributed by atoms with E-state index in [1.807, 2.05) is 6.92 Å². The Morgan fingerprint density at radius 2 is 1.96 bits per heavy atom. The summed E-state index contributed by atoms with van der Waals surface area (Å²) < 4.78 is 7.22. The van der Waals surface area contributed by atoms with Gasteiger partial charge in [0, 0.05) is 6.04 Å². The highest BCUT2D eigenvalue weighted by Crippen LogP contribution is 2.32. The zero-order valence-corrected chi connectivity index (χ0v) is 17.1. The topological polar surface area (TPSA) is 86.1 Å². The van der Waals surface area contributed by atoms with E-state index >= 15 is 0 Å². The van der Waals surface area contributed by atoms with Crippen molar-refractivity contribution in [2.24, 2.45) is 0 Å². The molecule has 1 amide bonds. The number of esters is 1. The van der Waals surface area contributed by atoms with Crippen molar-refractivity contribution in [2.45, 2.75) is 57.1 Å². The first-order chi connectivity index (χ1) is 13.6. The van der Waals surface area contributed by atoms with E-state index in [0.29, 0.717) is 17.3 Å². The maximum absolute atomic E-state index is 12.5. The van der Waals surface area contributed by atoms with Crippen LogP contribution in [0, 0.1) is 6.92 Å². The predicted molar refractivity (Wildman–Crippen MR) is 109 cm³/mol. The molecule has 1 aliphatic rings. The summed E-state index contributed by atoms with van der Waals surface area (Å²) in [7, 11) is 0. The Bertz CT molecular complexity index is 831. The average Bonchev–Trinajstić information content (AvgIpc) is 3.08. The van der Waals surface area contributed by atoms with Crippen LogP contribution in [0.3, 0.4) is 0 Å². The normalized spacial score (nSPS) is 14.6. The van der Waals surface area contributed by atoms with Crippen LogP contribution in [0.5, 0.6) is 0 Å². The zero-order valence-electron chi connectivity index (χ0n) is 16.3. The van der Waals surface area contributed by atoms with E-state index in [4.69, 9.17) is 4.74 Å². The van der Waals surface area contributed by atoms with E-state index in [0.717, 1.165) is 23.8 Å². The highest BCUT2D eigenvalue weighted by Gasteiger charge is 2.22. The number of anilines is 1. The molecule has 8 heteroatoms. The number of amides is 1. The van der Waals surface area contributed by atoms with Gasteiger partial charge in [0.05, 0.1) is 23.6 Å². The summed E-state index contributed by atoms with van der Waals surface area (Å²) in [5.41, 5.74) is 0.806. The summed E-state index contributed by atoms with van der Waals surface area (Å²) in [6, 6.07) is 7.27. The number of nitrogens with one attached hydrogen (secondary N) is 1. The van der Waals surface area contributed by atoms with Crippen LogP contribution in [-0.4, -0.2) is 39.0 Å². The van der Waals surface area contributed by atoms with Crippen LogP contribution < -0.4 is 5.32 Å². The fourth-order valence-corrected chi connectivity index (χ4v) is 4.35. The lowest BCUT2D eigenvalue weighted by Gasteiger charge is -2.24. The number of nitrogens with zero attached hydrogens (tertiary/aromatic N) is 3. The molecule has 0 atom stereocenters. The molecular formula is C20H26N4O3S. The Kier molecular flexibility index (Phi) is 7.08. The molecule has 0 unspecified atom stereocenters. The second kappa shape index (κ2) is 9.73. The number of thioether (sulfide) groups is 1. The van der Waals surface area contributed by atoms with Crippen LogP contribution in [0.25, 0.3) is 0 Å². The van der Waals surface area contributed by atoms with Crippen LogP contribution in [0.1, 0.15) is 61.3 Å². The molecule has 3 rings (SSSR count). The lowest BCUT2D eigenvalue weighted by atomic mass is 9.95. The van der Waals surface area contributed by atoms with Crippen molar-refractivity contribution in [3.05, 3.63) is 35.7 Å². The second-order valence-corrected chi connectivity index (χ2v) is 7.74. The summed E-state index contributed by atoms with van der Waals surface area (Å²) in [6.07, 6.45) is 5.98. The van der Waals surface area contributed by atoms with Gasteiger partial charge in [-0.15, -0.1) is 10.2 Å². The molecule has 0 spiro atoms. The maximum Gasteiger partial charge on any atom is 0.340 e. The number of rotatable bonds is 7. The number of hydrogen-bond acceptors (Lipinski definition) is 6. The Hall–Kier alpha value is -2.35. The molecule has 1 fully saturated rings. The first kappa shape index (κ1) is 20.4. The van der Waals surface area contributed by atoms with Crippen molar-refractivity contribution in [1.29, 1.82) is 0 Å². The van der Waals surface area contributed by atoms with E-state index in [9.17, 15) is 9.59 Å². The number of para-hydroxylation sites is 1. The molecule has 0 aliphatic heterocycles. The van der Waals surface area contributed by atoms with Gasteiger partial charge in [-0.2, -0.15) is 0 Å². The monoisotopic (exact) mass is 402 g/mol. The standard InChI is InChI=1S/C20H26N4O3S/c1-3-27-19(26)16-11-7-8-12-17(16)21-18(25)13-28-20-23-22-14(2)24(20)15-9-5-4-6-10-15/h7-8,11-12,15H,3-6,9-10,13H2,1-2H3,(H,21,25).